The zero-order valence-corrected chi connectivity index (χ0v) is 20.0. The maximum absolute atomic E-state index is 13.0. The molecule has 1 aliphatic carbocycles. The second-order valence-corrected chi connectivity index (χ2v) is 8.50. The van der Waals surface area contributed by atoms with Gasteiger partial charge in [0.1, 0.15) is 5.75 Å². The first-order chi connectivity index (χ1) is 16.0. The number of fused-ring (bicyclic) bond motifs is 1. The highest BCUT2D eigenvalue weighted by atomic mass is 32.1. The van der Waals surface area contributed by atoms with E-state index in [4.69, 9.17) is 26.4 Å². The van der Waals surface area contributed by atoms with Crippen molar-refractivity contribution in [1.82, 2.24) is 9.88 Å². The van der Waals surface area contributed by atoms with E-state index < -0.39 is 0 Å². The highest BCUT2D eigenvalue weighted by Crippen LogP contribution is 2.32. The van der Waals surface area contributed by atoms with E-state index in [2.05, 4.69) is 15.2 Å². The molecule has 0 spiro atoms. The number of H-pyrrole nitrogens is 1. The molecule has 1 fully saturated rings. The molecule has 174 valence electrons. The Balaban J connectivity index is 1.66. The lowest BCUT2D eigenvalue weighted by Gasteiger charge is -2.32. The highest BCUT2D eigenvalue weighted by Gasteiger charge is 2.26. The Kier molecular flexibility index (Phi) is 7.03. The number of anilines is 1. The first-order valence-electron chi connectivity index (χ1n) is 11.0. The molecule has 0 atom stereocenters. The Labute approximate surface area is 198 Å². The predicted molar refractivity (Wildman–Crippen MR) is 135 cm³/mol. The van der Waals surface area contributed by atoms with Gasteiger partial charge in [-0.05, 0) is 49.3 Å². The molecule has 7 nitrogen and oxygen atoms in total. The Hall–Kier alpha value is -3.26. The van der Waals surface area contributed by atoms with E-state index in [1.165, 1.54) is 0 Å². The molecule has 0 aliphatic heterocycles. The summed E-state index contributed by atoms with van der Waals surface area (Å²) in [6, 6.07) is 13.5. The minimum atomic E-state index is -0.141. The van der Waals surface area contributed by atoms with Gasteiger partial charge in [0.05, 0.1) is 39.1 Å². The second-order valence-electron chi connectivity index (χ2n) is 8.11. The molecule has 0 unspecified atom stereocenters. The number of hydrogen-bond donors (Lipinski definition) is 2. The third-order valence-electron chi connectivity index (χ3n) is 6.14. The van der Waals surface area contributed by atoms with Crippen molar-refractivity contribution in [2.45, 2.75) is 38.3 Å². The smallest absolute Gasteiger partial charge is 0.253 e. The van der Waals surface area contributed by atoms with Crippen LogP contribution in [0.2, 0.25) is 0 Å². The molecule has 0 amide bonds. The van der Waals surface area contributed by atoms with Crippen LogP contribution in [0.15, 0.2) is 47.3 Å². The van der Waals surface area contributed by atoms with Crippen molar-refractivity contribution < 1.29 is 14.2 Å². The van der Waals surface area contributed by atoms with E-state index in [1.54, 1.807) is 27.4 Å². The minimum Gasteiger partial charge on any atom is -0.495 e. The van der Waals surface area contributed by atoms with Crippen LogP contribution in [0, 0.1) is 0 Å². The van der Waals surface area contributed by atoms with Gasteiger partial charge in [-0.15, -0.1) is 0 Å². The lowest BCUT2D eigenvalue weighted by molar-refractivity contribution is 0.311. The number of methoxy groups -OCH3 is 3. The Morgan fingerprint density at radius 2 is 1.70 bits per heavy atom. The summed E-state index contributed by atoms with van der Waals surface area (Å²) in [5.41, 5.74) is 2.00. The number of pyridine rings is 1. The van der Waals surface area contributed by atoms with Crippen LogP contribution in [0.5, 0.6) is 17.2 Å². The molecule has 1 saturated carbocycles. The van der Waals surface area contributed by atoms with Gasteiger partial charge in [-0.1, -0.05) is 25.0 Å². The molecular weight excluding hydrogens is 438 g/mol. The summed E-state index contributed by atoms with van der Waals surface area (Å²) in [6.45, 7) is 0.408. The molecule has 0 bridgehead atoms. The standard InChI is InChI=1S/C25H29N3O4S/c1-30-21-11-7-6-10-19(21)27-25(33)28(18-8-4-5-9-18)15-17-12-16-13-22(31-2)23(32-3)14-20(16)26-24(17)29/h6-7,10-14,18H,4-5,8-9,15H2,1-3H3,(H,26,29)(H,27,33). The van der Waals surface area contributed by atoms with Gasteiger partial charge in [0.2, 0.25) is 0 Å². The molecule has 33 heavy (non-hydrogen) atoms. The fourth-order valence-corrected chi connectivity index (χ4v) is 4.72. The normalized spacial score (nSPS) is 13.7. The van der Waals surface area contributed by atoms with Gasteiger partial charge in [0.15, 0.2) is 16.6 Å². The fraction of sp³-hybridized carbons (Fsp3) is 0.360. The summed E-state index contributed by atoms with van der Waals surface area (Å²) < 4.78 is 16.3. The van der Waals surface area contributed by atoms with Gasteiger partial charge in [-0.3, -0.25) is 4.79 Å². The number of benzene rings is 2. The van der Waals surface area contributed by atoms with Crippen LogP contribution in [0.1, 0.15) is 31.2 Å². The van der Waals surface area contributed by atoms with Crippen LogP contribution in [0.3, 0.4) is 0 Å². The van der Waals surface area contributed by atoms with Gasteiger partial charge in [-0.2, -0.15) is 0 Å². The summed E-state index contributed by atoms with van der Waals surface area (Å²) >= 11 is 5.82. The lowest BCUT2D eigenvalue weighted by atomic mass is 10.1. The number of nitrogens with one attached hydrogen (secondary N) is 2. The van der Waals surface area contributed by atoms with Gasteiger partial charge in [-0.25, -0.2) is 0 Å². The molecule has 2 aromatic carbocycles. The molecule has 2 N–H and O–H groups in total. The van der Waals surface area contributed by atoms with Crippen molar-refractivity contribution in [3.63, 3.8) is 0 Å². The molecule has 0 saturated heterocycles. The first kappa shape index (κ1) is 22.9. The molecule has 1 aromatic heterocycles. The number of thiocarbonyl (C=S) groups is 1. The van der Waals surface area contributed by atoms with Crippen LogP contribution in [0.25, 0.3) is 10.9 Å². The number of aromatic amines is 1. The molecule has 8 heteroatoms. The summed E-state index contributed by atoms with van der Waals surface area (Å²) in [5.74, 6) is 1.91. The lowest BCUT2D eigenvalue weighted by Crippen LogP contribution is -2.42. The van der Waals surface area contributed by atoms with Crippen LogP contribution in [-0.4, -0.2) is 42.4 Å². The van der Waals surface area contributed by atoms with E-state index in [0.29, 0.717) is 34.2 Å². The number of rotatable bonds is 7. The number of aromatic nitrogens is 1. The molecule has 0 radical (unpaired) electrons. The summed E-state index contributed by atoms with van der Waals surface area (Å²) in [7, 11) is 4.81. The van der Waals surface area contributed by atoms with Gasteiger partial charge < -0.3 is 29.4 Å². The number of ether oxygens (including phenoxy) is 3. The number of para-hydroxylation sites is 2. The quantitative estimate of drug-likeness (QED) is 0.488. The molecule has 1 aliphatic rings. The predicted octanol–water partition coefficient (Wildman–Crippen LogP) is 4.70. The fourth-order valence-electron chi connectivity index (χ4n) is 4.40. The Bertz CT molecular complexity index is 1200. The SMILES string of the molecule is COc1ccccc1NC(=S)N(Cc1cc2cc(OC)c(OC)cc2[nH]c1=O)C1CCCC1. The van der Waals surface area contributed by atoms with E-state index in [0.717, 1.165) is 42.5 Å². The minimum absolute atomic E-state index is 0.141. The van der Waals surface area contributed by atoms with Crippen molar-refractivity contribution in [2.24, 2.45) is 0 Å². The van der Waals surface area contributed by atoms with Crippen molar-refractivity contribution >= 4 is 33.9 Å². The van der Waals surface area contributed by atoms with Crippen molar-refractivity contribution in [3.05, 3.63) is 58.4 Å². The number of hydrogen-bond acceptors (Lipinski definition) is 5. The van der Waals surface area contributed by atoms with Crippen LogP contribution >= 0.6 is 12.2 Å². The molecule has 1 heterocycles. The summed E-state index contributed by atoms with van der Waals surface area (Å²) in [4.78, 5) is 18.1. The van der Waals surface area contributed by atoms with E-state index in [1.807, 2.05) is 36.4 Å². The first-order valence-corrected chi connectivity index (χ1v) is 11.4. The van der Waals surface area contributed by atoms with Gasteiger partial charge in [0.25, 0.3) is 5.56 Å². The van der Waals surface area contributed by atoms with E-state index in [9.17, 15) is 4.79 Å². The van der Waals surface area contributed by atoms with Crippen molar-refractivity contribution in [2.75, 3.05) is 26.6 Å². The van der Waals surface area contributed by atoms with Crippen LogP contribution < -0.4 is 25.1 Å². The highest BCUT2D eigenvalue weighted by molar-refractivity contribution is 7.80. The maximum Gasteiger partial charge on any atom is 0.253 e. The Morgan fingerprint density at radius 3 is 2.39 bits per heavy atom. The largest absolute Gasteiger partial charge is 0.495 e. The third kappa shape index (κ3) is 4.90. The summed E-state index contributed by atoms with van der Waals surface area (Å²) in [5, 5.41) is 4.79. The molecule has 4 rings (SSSR count). The number of nitrogens with zero attached hydrogens (tertiary/aromatic N) is 1. The molecular formula is C25H29N3O4S. The Morgan fingerprint density at radius 1 is 1.03 bits per heavy atom. The third-order valence-corrected chi connectivity index (χ3v) is 6.48. The average molecular weight is 468 g/mol. The molecule has 3 aromatic rings. The van der Waals surface area contributed by atoms with Crippen LogP contribution in [-0.2, 0) is 6.54 Å². The van der Waals surface area contributed by atoms with Crippen molar-refractivity contribution in [3.8, 4) is 17.2 Å². The van der Waals surface area contributed by atoms with E-state index in [-0.39, 0.29) is 11.6 Å². The van der Waals surface area contributed by atoms with Gasteiger partial charge >= 0.3 is 0 Å². The topological polar surface area (TPSA) is 75.8 Å². The maximum atomic E-state index is 13.0. The van der Waals surface area contributed by atoms with E-state index >= 15 is 0 Å². The second kappa shape index (κ2) is 10.1. The van der Waals surface area contributed by atoms with Crippen LogP contribution in [0.4, 0.5) is 5.69 Å². The monoisotopic (exact) mass is 467 g/mol. The average Bonchev–Trinajstić information content (AvgIpc) is 3.36. The zero-order chi connectivity index (χ0) is 23.4. The summed E-state index contributed by atoms with van der Waals surface area (Å²) in [6.07, 6.45) is 4.40. The van der Waals surface area contributed by atoms with Crippen molar-refractivity contribution in [1.29, 1.82) is 0 Å². The zero-order valence-electron chi connectivity index (χ0n) is 19.1. The van der Waals surface area contributed by atoms with Gasteiger partial charge in [0, 0.05) is 23.1 Å².